The van der Waals surface area contributed by atoms with E-state index in [-0.39, 0.29) is 17.4 Å². The molecule has 0 fully saturated rings. The van der Waals surface area contributed by atoms with E-state index >= 15 is 0 Å². The molecule has 1 N–H and O–H groups in total. The summed E-state index contributed by atoms with van der Waals surface area (Å²) >= 11 is 1.51. The summed E-state index contributed by atoms with van der Waals surface area (Å²) in [5, 5.41) is 15.3. The van der Waals surface area contributed by atoms with Gasteiger partial charge in [-0.15, -0.1) is 16.4 Å². The van der Waals surface area contributed by atoms with Crippen molar-refractivity contribution in [3.05, 3.63) is 52.4 Å². The lowest BCUT2D eigenvalue weighted by Gasteiger charge is -2.27. The van der Waals surface area contributed by atoms with Crippen LogP contribution < -0.4 is 5.32 Å². The number of nitrogens with one attached hydrogen (secondary N) is 1. The Morgan fingerprint density at radius 3 is 2.70 bits per heavy atom. The third kappa shape index (κ3) is 4.39. The highest BCUT2D eigenvalue weighted by Gasteiger charge is 2.27. The predicted molar refractivity (Wildman–Crippen MR) is 105 cm³/mol. The minimum Gasteiger partial charge on any atom is -0.345 e. The molecule has 1 atom stereocenters. The number of hydrogen-bond acceptors (Lipinski definition) is 6. The number of carbonyl (C=O) groups excluding carboxylic acids is 1. The lowest BCUT2D eigenvalue weighted by molar-refractivity contribution is 0.0926. The van der Waals surface area contributed by atoms with Gasteiger partial charge in [-0.2, -0.15) is 4.68 Å². The minimum absolute atomic E-state index is 0.0477. The van der Waals surface area contributed by atoms with Gasteiger partial charge in [-0.3, -0.25) is 9.78 Å². The van der Waals surface area contributed by atoms with Crippen molar-refractivity contribution in [3.63, 3.8) is 0 Å². The highest BCUT2D eigenvalue weighted by Crippen LogP contribution is 2.33. The molecule has 0 radical (unpaired) electrons. The molecule has 7 nitrogen and oxygen atoms in total. The molecule has 142 valence electrons. The Morgan fingerprint density at radius 1 is 1.33 bits per heavy atom. The molecule has 0 aliphatic carbocycles. The van der Waals surface area contributed by atoms with Gasteiger partial charge in [0.05, 0.1) is 11.6 Å². The van der Waals surface area contributed by atoms with Gasteiger partial charge in [0.2, 0.25) is 0 Å². The summed E-state index contributed by atoms with van der Waals surface area (Å²) in [5.74, 6) is -0.125. The van der Waals surface area contributed by atoms with E-state index in [0.717, 1.165) is 27.4 Å². The van der Waals surface area contributed by atoms with Gasteiger partial charge in [-0.25, -0.2) is 0 Å². The molecular weight excluding hydrogens is 360 g/mol. The maximum Gasteiger partial charge on any atom is 0.255 e. The second-order valence-corrected chi connectivity index (χ2v) is 9.00. The van der Waals surface area contributed by atoms with Gasteiger partial charge in [0.15, 0.2) is 0 Å². The topological polar surface area (TPSA) is 85.6 Å². The first kappa shape index (κ1) is 19.2. The fourth-order valence-electron chi connectivity index (χ4n) is 2.97. The molecule has 0 saturated heterocycles. The molecule has 3 aromatic rings. The molecule has 3 heterocycles. The second-order valence-electron chi connectivity index (χ2n) is 7.79. The lowest BCUT2D eigenvalue weighted by Crippen LogP contribution is -2.32. The van der Waals surface area contributed by atoms with Crippen molar-refractivity contribution in [2.24, 2.45) is 5.41 Å². The number of carbonyl (C=O) groups is 1. The van der Waals surface area contributed by atoms with Crippen LogP contribution in [0.4, 0.5) is 0 Å². The quantitative estimate of drug-likeness (QED) is 0.726. The maximum atomic E-state index is 13.3. The molecule has 8 heteroatoms. The van der Waals surface area contributed by atoms with Gasteiger partial charge in [-0.05, 0) is 53.3 Å². The van der Waals surface area contributed by atoms with E-state index in [1.54, 1.807) is 10.9 Å². The maximum absolute atomic E-state index is 13.3. The fraction of sp³-hybridized carbons (Fsp3) is 0.421. The highest BCUT2D eigenvalue weighted by atomic mass is 32.1. The summed E-state index contributed by atoms with van der Waals surface area (Å²) < 4.78 is 1.54. The molecule has 1 amide bonds. The number of thiophene rings is 1. The van der Waals surface area contributed by atoms with Gasteiger partial charge in [0, 0.05) is 17.3 Å². The number of hydrogen-bond donors (Lipinski definition) is 1. The Bertz CT molecular complexity index is 912. The van der Waals surface area contributed by atoms with Gasteiger partial charge in [0.25, 0.3) is 5.91 Å². The molecule has 0 aliphatic rings. The van der Waals surface area contributed by atoms with E-state index in [2.05, 4.69) is 46.6 Å². The number of aromatic nitrogens is 5. The summed E-state index contributed by atoms with van der Waals surface area (Å²) in [4.78, 5) is 18.5. The summed E-state index contributed by atoms with van der Waals surface area (Å²) in [7, 11) is 0. The Hall–Kier alpha value is -2.61. The Labute approximate surface area is 162 Å². The first-order chi connectivity index (χ1) is 12.8. The van der Waals surface area contributed by atoms with Crippen molar-refractivity contribution >= 4 is 17.2 Å². The van der Waals surface area contributed by atoms with Crippen molar-refractivity contribution < 1.29 is 4.79 Å². The SMILES string of the molecule is Cc1sc(-n2cnnn2)c(C(=O)N[C@@H](CC(C)(C)C)c2cccnc2)c1C. The molecular formula is C19H24N6OS. The summed E-state index contributed by atoms with van der Waals surface area (Å²) in [5.41, 5.74) is 2.61. The van der Waals surface area contributed by atoms with Crippen LogP contribution in [0.3, 0.4) is 0 Å². The predicted octanol–water partition coefficient (Wildman–Crippen LogP) is 3.64. The zero-order valence-corrected chi connectivity index (χ0v) is 17.0. The van der Waals surface area contributed by atoms with Crippen LogP contribution in [0.5, 0.6) is 0 Å². The fourth-order valence-corrected chi connectivity index (χ4v) is 4.04. The van der Waals surface area contributed by atoms with E-state index in [1.807, 2.05) is 32.2 Å². The van der Waals surface area contributed by atoms with E-state index in [9.17, 15) is 4.79 Å². The van der Waals surface area contributed by atoms with Crippen LogP contribution in [0.1, 0.15) is 59.6 Å². The molecule has 0 aliphatic heterocycles. The van der Waals surface area contributed by atoms with E-state index in [4.69, 9.17) is 0 Å². The van der Waals surface area contributed by atoms with Gasteiger partial charge in [-0.1, -0.05) is 26.8 Å². The number of tetrazole rings is 1. The Kier molecular flexibility index (Phi) is 5.36. The van der Waals surface area contributed by atoms with Crippen LogP contribution in [0.2, 0.25) is 0 Å². The zero-order valence-electron chi connectivity index (χ0n) is 16.2. The van der Waals surface area contributed by atoms with Crippen molar-refractivity contribution in [2.45, 2.75) is 47.1 Å². The first-order valence-electron chi connectivity index (χ1n) is 8.80. The molecule has 0 bridgehead atoms. The summed E-state index contributed by atoms with van der Waals surface area (Å²) in [6.07, 6.45) is 5.86. The van der Waals surface area contributed by atoms with Crippen LogP contribution in [-0.4, -0.2) is 31.1 Å². The minimum atomic E-state index is -0.132. The van der Waals surface area contributed by atoms with Crippen molar-refractivity contribution in [3.8, 4) is 5.00 Å². The van der Waals surface area contributed by atoms with Crippen molar-refractivity contribution in [2.75, 3.05) is 0 Å². The first-order valence-corrected chi connectivity index (χ1v) is 9.62. The standard InChI is InChI=1S/C19H24N6OS/c1-12-13(2)27-18(25-11-21-23-24-25)16(12)17(26)22-15(9-19(3,4)5)14-7-6-8-20-10-14/h6-8,10-11,15H,9H2,1-5H3,(H,22,26)/t15-/m0/s1. The molecule has 0 saturated carbocycles. The summed E-state index contributed by atoms with van der Waals surface area (Å²) in [6.45, 7) is 10.4. The Balaban J connectivity index is 1.95. The monoisotopic (exact) mass is 384 g/mol. The average molecular weight is 385 g/mol. The molecule has 0 spiro atoms. The lowest BCUT2D eigenvalue weighted by atomic mass is 9.85. The van der Waals surface area contributed by atoms with Crippen LogP contribution in [0, 0.1) is 19.3 Å². The van der Waals surface area contributed by atoms with E-state index in [0.29, 0.717) is 5.56 Å². The second kappa shape index (κ2) is 7.56. The van der Waals surface area contributed by atoms with Crippen LogP contribution in [-0.2, 0) is 0 Å². The van der Waals surface area contributed by atoms with E-state index < -0.39 is 0 Å². The third-order valence-corrected chi connectivity index (χ3v) is 5.56. The van der Waals surface area contributed by atoms with Crippen LogP contribution >= 0.6 is 11.3 Å². The normalized spacial score (nSPS) is 12.8. The molecule has 27 heavy (non-hydrogen) atoms. The molecule has 3 aromatic heterocycles. The molecule has 0 unspecified atom stereocenters. The van der Waals surface area contributed by atoms with Gasteiger partial charge >= 0.3 is 0 Å². The number of aryl methyl sites for hydroxylation is 1. The molecule has 3 rings (SSSR count). The van der Waals surface area contributed by atoms with Gasteiger partial charge < -0.3 is 5.32 Å². The highest BCUT2D eigenvalue weighted by molar-refractivity contribution is 7.15. The van der Waals surface area contributed by atoms with Crippen molar-refractivity contribution in [1.29, 1.82) is 0 Å². The Morgan fingerprint density at radius 2 is 2.11 bits per heavy atom. The summed E-state index contributed by atoms with van der Waals surface area (Å²) in [6, 6.07) is 3.76. The molecule has 0 aromatic carbocycles. The number of rotatable bonds is 5. The van der Waals surface area contributed by atoms with Crippen LogP contribution in [0.25, 0.3) is 5.00 Å². The zero-order chi connectivity index (χ0) is 19.6. The van der Waals surface area contributed by atoms with Gasteiger partial charge in [0.1, 0.15) is 11.3 Å². The van der Waals surface area contributed by atoms with Crippen molar-refractivity contribution in [1.82, 2.24) is 30.5 Å². The van der Waals surface area contributed by atoms with E-state index in [1.165, 1.54) is 17.7 Å². The average Bonchev–Trinajstić information content (AvgIpc) is 3.23. The third-order valence-electron chi connectivity index (χ3n) is 4.36. The largest absolute Gasteiger partial charge is 0.345 e. The number of nitrogens with zero attached hydrogens (tertiary/aromatic N) is 5. The number of pyridine rings is 1. The smallest absolute Gasteiger partial charge is 0.255 e. The number of amides is 1. The van der Waals surface area contributed by atoms with Crippen LogP contribution in [0.15, 0.2) is 30.9 Å².